The average Bonchev–Trinajstić information content (AvgIpc) is 3.58. The Hall–Kier alpha value is -5.28. The van der Waals surface area contributed by atoms with Crippen molar-refractivity contribution in [1.82, 2.24) is 0 Å². The fourth-order valence-electron chi connectivity index (χ4n) is 5.66. The molecule has 0 radical (unpaired) electrons. The van der Waals surface area contributed by atoms with Crippen LogP contribution in [0.25, 0.3) is 55.0 Å². The quantitative estimate of drug-likeness (QED) is 0.240. The van der Waals surface area contributed by atoms with Gasteiger partial charge in [0.1, 0.15) is 11.2 Å². The Kier molecular flexibility index (Phi) is 4.82. The molecule has 0 unspecified atom stereocenters. The molecule has 0 aliphatic rings. The highest BCUT2D eigenvalue weighted by molar-refractivity contribution is 6.24. The van der Waals surface area contributed by atoms with Crippen LogP contribution in [0, 0.1) is 0 Å². The van der Waals surface area contributed by atoms with Gasteiger partial charge >= 0.3 is 0 Å². The molecule has 0 fully saturated rings. The maximum atomic E-state index is 6.51. The molecule has 0 aliphatic carbocycles. The number of furan rings is 2. The molecule has 0 saturated carbocycles. The molecule has 8 rings (SSSR count). The van der Waals surface area contributed by atoms with Crippen LogP contribution in [-0.2, 0) is 0 Å². The second kappa shape index (κ2) is 8.64. The highest BCUT2D eigenvalue weighted by Gasteiger charge is 2.24. The molecule has 0 N–H and O–H groups in total. The molecule has 6 aromatic carbocycles. The molecule has 2 heterocycles. The van der Waals surface area contributed by atoms with Gasteiger partial charge in [0.2, 0.25) is 0 Å². The summed E-state index contributed by atoms with van der Waals surface area (Å²) in [4.78, 5) is 2.32. The van der Waals surface area contributed by atoms with Gasteiger partial charge in [0.15, 0.2) is 11.2 Å². The lowest BCUT2D eigenvalue weighted by Crippen LogP contribution is -2.10. The third kappa shape index (κ3) is 3.44. The van der Waals surface area contributed by atoms with E-state index in [0.29, 0.717) is 0 Å². The van der Waals surface area contributed by atoms with E-state index in [-0.39, 0.29) is 0 Å². The number of para-hydroxylation sites is 3. The fraction of sp³-hybridized carbons (Fsp3) is 0. The first-order valence-electron chi connectivity index (χ1n) is 13.1. The minimum absolute atomic E-state index is 0.765. The summed E-state index contributed by atoms with van der Waals surface area (Å²) in [5, 5.41) is 4.21. The number of rotatable bonds is 4. The number of nitrogens with zero attached hydrogens (tertiary/aromatic N) is 1. The lowest BCUT2D eigenvalue weighted by molar-refractivity contribution is 0.633. The van der Waals surface area contributed by atoms with Crippen molar-refractivity contribution in [2.75, 3.05) is 4.90 Å². The Bertz CT molecular complexity index is 2100. The Labute approximate surface area is 225 Å². The maximum Gasteiger partial charge on any atom is 0.180 e. The zero-order chi connectivity index (χ0) is 25.8. The summed E-state index contributed by atoms with van der Waals surface area (Å²) in [5.74, 6) is 0. The summed E-state index contributed by atoms with van der Waals surface area (Å²) in [6.45, 7) is 0. The zero-order valence-electron chi connectivity index (χ0n) is 21.0. The molecule has 0 aliphatic heterocycles. The second-order valence-corrected chi connectivity index (χ2v) is 9.76. The summed E-state index contributed by atoms with van der Waals surface area (Å²) < 4.78 is 12.9. The van der Waals surface area contributed by atoms with Crippen molar-refractivity contribution in [1.29, 1.82) is 0 Å². The third-order valence-electron chi connectivity index (χ3n) is 7.46. The lowest BCUT2D eigenvalue weighted by atomic mass is 10.0. The molecule has 3 heteroatoms. The topological polar surface area (TPSA) is 29.5 Å². The van der Waals surface area contributed by atoms with Crippen LogP contribution in [-0.4, -0.2) is 0 Å². The van der Waals surface area contributed by atoms with E-state index in [1.165, 1.54) is 11.1 Å². The van der Waals surface area contributed by atoms with Crippen LogP contribution < -0.4 is 4.90 Å². The minimum Gasteiger partial charge on any atom is -0.452 e. The van der Waals surface area contributed by atoms with E-state index in [1.54, 1.807) is 0 Å². The highest BCUT2D eigenvalue weighted by atomic mass is 16.4. The molecular weight excluding hydrogens is 478 g/mol. The lowest BCUT2D eigenvalue weighted by Gasteiger charge is -2.26. The van der Waals surface area contributed by atoms with Gasteiger partial charge in [-0.1, -0.05) is 97.1 Å². The van der Waals surface area contributed by atoms with Crippen molar-refractivity contribution in [3.8, 4) is 11.1 Å². The predicted molar refractivity (Wildman–Crippen MR) is 161 cm³/mol. The highest BCUT2D eigenvalue weighted by Crippen LogP contribution is 2.47. The van der Waals surface area contributed by atoms with Gasteiger partial charge in [-0.15, -0.1) is 0 Å². The van der Waals surface area contributed by atoms with Crippen molar-refractivity contribution in [2.24, 2.45) is 0 Å². The molecule has 184 valence electrons. The zero-order valence-corrected chi connectivity index (χ0v) is 21.0. The van der Waals surface area contributed by atoms with Crippen LogP contribution in [0.1, 0.15) is 0 Å². The molecule has 0 spiro atoms. The summed E-state index contributed by atoms with van der Waals surface area (Å²) in [5.41, 5.74) is 8.81. The number of fused-ring (bicyclic) bond motifs is 7. The Balaban J connectivity index is 1.45. The van der Waals surface area contributed by atoms with Gasteiger partial charge in [-0.05, 0) is 53.6 Å². The Morgan fingerprint density at radius 1 is 0.410 bits per heavy atom. The molecule has 8 aromatic rings. The summed E-state index contributed by atoms with van der Waals surface area (Å²) in [6.07, 6.45) is 0. The smallest absolute Gasteiger partial charge is 0.180 e. The Morgan fingerprint density at radius 2 is 0.949 bits per heavy atom. The van der Waals surface area contributed by atoms with Crippen LogP contribution >= 0.6 is 0 Å². The summed E-state index contributed by atoms with van der Waals surface area (Å²) >= 11 is 0. The Morgan fingerprint density at radius 3 is 1.69 bits per heavy atom. The van der Waals surface area contributed by atoms with E-state index in [0.717, 1.165) is 60.9 Å². The molecule has 39 heavy (non-hydrogen) atoms. The average molecular weight is 502 g/mol. The number of benzene rings is 6. The van der Waals surface area contributed by atoms with Gasteiger partial charge in [-0.25, -0.2) is 0 Å². The minimum atomic E-state index is 0.765. The van der Waals surface area contributed by atoms with E-state index in [2.05, 4.69) is 114 Å². The number of hydrogen-bond donors (Lipinski definition) is 0. The number of hydrogen-bond acceptors (Lipinski definition) is 3. The molecule has 0 amide bonds. The fourth-order valence-corrected chi connectivity index (χ4v) is 5.66. The van der Waals surface area contributed by atoms with Crippen LogP contribution in [0.15, 0.2) is 148 Å². The van der Waals surface area contributed by atoms with Gasteiger partial charge in [0, 0.05) is 27.5 Å². The van der Waals surface area contributed by atoms with E-state index in [4.69, 9.17) is 8.83 Å². The van der Waals surface area contributed by atoms with Crippen molar-refractivity contribution < 1.29 is 8.83 Å². The first kappa shape index (κ1) is 21.8. The molecule has 0 saturated heterocycles. The van der Waals surface area contributed by atoms with E-state index < -0.39 is 0 Å². The first-order valence-corrected chi connectivity index (χ1v) is 13.1. The summed E-state index contributed by atoms with van der Waals surface area (Å²) in [6, 6.07) is 48.4. The van der Waals surface area contributed by atoms with Crippen molar-refractivity contribution in [3.63, 3.8) is 0 Å². The SMILES string of the molecule is c1ccc(-c2ccc(N(c3ccccc3)c3cc4c5ccccc5oc4c4oc5ccccc5c34)cc2)cc1. The van der Waals surface area contributed by atoms with E-state index in [9.17, 15) is 0 Å². The maximum absolute atomic E-state index is 6.51. The van der Waals surface area contributed by atoms with Crippen molar-refractivity contribution >= 4 is 60.9 Å². The predicted octanol–water partition coefficient (Wildman–Crippen LogP) is 10.6. The van der Waals surface area contributed by atoms with E-state index >= 15 is 0 Å². The molecule has 3 nitrogen and oxygen atoms in total. The van der Waals surface area contributed by atoms with Gasteiger partial charge in [-0.2, -0.15) is 0 Å². The second-order valence-electron chi connectivity index (χ2n) is 9.76. The van der Waals surface area contributed by atoms with Gasteiger partial charge < -0.3 is 13.7 Å². The van der Waals surface area contributed by atoms with Gasteiger partial charge in [0.05, 0.1) is 11.1 Å². The monoisotopic (exact) mass is 501 g/mol. The standard InChI is InChI=1S/C36H23NO2/c1-3-11-24(12-4-1)25-19-21-27(22-20-25)37(26-13-5-2-6-14-26)31-23-30-28-15-7-9-17-32(28)38-35(30)36-34(31)29-16-8-10-18-33(29)39-36/h1-23H. The molecular formula is C36H23NO2. The summed E-state index contributed by atoms with van der Waals surface area (Å²) in [7, 11) is 0. The van der Waals surface area contributed by atoms with Crippen LogP contribution in [0.2, 0.25) is 0 Å². The van der Waals surface area contributed by atoms with E-state index in [1.807, 2.05) is 30.3 Å². The third-order valence-corrected chi connectivity index (χ3v) is 7.46. The van der Waals surface area contributed by atoms with Crippen LogP contribution in [0.4, 0.5) is 17.1 Å². The van der Waals surface area contributed by atoms with Crippen LogP contribution in [0.3, 0.4) is 0 Å². The van der Waals surface area contributed by atoms with Crippen LogP contribution in [0.5, 0.6) is 0 Å². The van der Waals surface area contributed by atoms with Gasteiger partial charge in [0.25, 0.3) is 0 Å². The first-order chi connectivity index (χ1) is 19.3. The molecule has 0 atom stereocenters. The van der Waals surface area contributed by atoms with Crippen molar-refractivity contribution in [3.05, 3.63) is 140 Å². The molecule has 2 aromatic heterocycles. The molecule has 0 bridgehead atoms. The van der Waals surface area contributed by atoms with Gasteiger partial charge in [-0.3, -0.25) is 0 Å². The normalized spacial score (nSPS) is 11.6. The van der Waals surface area contributed by atoms with Crippen molar-refractivity contribution in [2.45, 2.75) is 0 Å². The number of anilines is 3. The largest absolute Gasteiger partial charge is 0.452 e.